The lowest BCUT2D eigenvalue weighted by Gasteiger charge is -2.27. The Morgan fingerprint density at radius 1 is 1.32 bits per heavy atom. The smallest absolute Gasteiger partial charge is 0.264 e. The van der Waals surface area contributed by atoms with E-state index < -0.39 is 9.84 Å². The highest BCUT2D eigenvalue weighted by Gasteiger charge is 2.35. The third kappa shape index (κ3) is 4.81. The highest BCUT2D eigenvalue weighted by Crippen LogP contribution is 2.31. The zero-order valence-corrected chi connectivity index (χ0v) is 20.1. The van der Waals surface area contributed by atoms with Crippen LogP contribution in [0.1, 0.15) is 47.1 Å². The summed E-state index contributed by atoms with van der Waals surface area (Å²) in [5.41, 5.74) is 1.96. The van der Waals surface area contributed by atoms with Crippen LogP contribution >= 0.6 is 22.9 Å². The largest absolute Gasteiger partial charge is 0.334 e. The molecule has 6 nitrogen and oxygen atoms in total. The summed E-state index contributed by atoms with van der Waals surface area (Å²) in [4.78, 5) is 16.8. The van der Waals surface area contributed by atoms with Crippen LogP contribution in [0.2, 0.25) is 5.02 Å². The normalized spacial score (nSPS) is 18.0. The van der Waals surface area contributed by atoms with E-state index in [0.717, 1.165) is 34.3 Å². The lowest BCUT2D eigenvalue weighted by atomic mass is 10.2. The first-order valence-electron chi connectivity index (χ1n) is 10.5. The van der Waals surface area contributed by atoms with Crippen LogP contribution in [-0.2, 0) is 16.4 Å². The van der Waals surface area contributed by atoms with Gasteiger partial charge in [-0.2, -0.15) is 5.10 Å². The minimum absolute atomic E-state index is 0.0662. The fraction of sp³-hybridized carbons (Fsp3) is 0.455. The second kappa shape index (κ2) is 8.92. The Labute approximate surface area is 191 Å². The van der Waals surface area contributed by atoms with Crippen molar-refractivity contribution in [1.29, 1.82) is 0 Å². The number of aryl methyl sites for hydroxylation is 1. The predicted octanol–water partition coefficient (Wildman–Crippen LogP) is 4.54. The Hall–Kier alpha value is -1.90. The minimum atomic E-state index is -3.06. The van der Waals surface area contributed by atoms with E-state index in [1.54, 1.807) is 4.90 Å². The van der Waals surface area contributed by atoms with Crippen molar-refractivity contribution in [1.82, 2.24) is 14.7 Å². The zero-order valence-electron chi connectivity index (χ0n) is 17.7. The number of thiophene rings is 1. The van der Waals surface area contributed by atoms with Crippen molar-refractivity contribution in [3.8, 4) is 0 Å². The first-order chi connectivity index (χ1) is 14.8. The van der Waals surface area contributed by atoms with Gasteiger partial charge in [-0.05, 0) is 43.5 Å². The fourth-order valence-corrected chi connectivity index (χ4v) is 7.00. The molecule has 0 aliphatic carbocycles. The minimum Gasteiger partial charge on any atom is -0.334 e. The number of carbonyl (C=O) groups excluding carboxylic acids is 1. The highest BCUT2D eigenvalue weighted by molar-refractivity contribution is 7.91. The van der Waals surface area contributed by atoms with E-state index in [9.17, 15) is 13.2 Å². The van der Waals surface area contributed by atoms with Crippen LogP contribution in [0.5, 0.6) is 0 Å². The van der Waals surface area contributed by atoms with E-state index in [0.29, 0.717) is 29.4 Å². The van der Waals surface area contributed by atoms with Crippen LogP contribution in [0.4, 0.5) is 0 Å². The van der Waals surface area contributed by atoms with E-state index in [-0.39, 0.29) is 23.5 Å². The molecule has 4 rings (SSSR count). The molecule has 0 N–H and O–H groups in total. The maximum Gasteiger partial charge on any atom is 0.264 e. The molecule has 1 aliphatic rings. The van der Waals surface area contributed by atoms with Crippen LogP contribution in [0.3, 0.4) is 0 Å². The van der Waals surface area contributed by atoms with Gasteiger partial charge in [0, 0.05) is 23.0 Å². The number of benzene rings is 1. The molecule has 1 fully saturated rings. The van der Waals surface area contributed by atoms with E-state index in [2.05, 4.69) is 12.0 Å². The number of hydrogen-bond acceptors (Lipinski definition) is 5. The molecule has 0 bridgehead atoms. The SMILES string of the molecule is CCCCN(C(=O)c1cc2c(C)nn(Cc3ccc(Cl)cc3)c2s1)C1CCS(=O)(=O)C1. The Morgan fingerprint density at radius 2 is 2.06 bits per heavy atom. The molecule has 0 saturated carbocycles. The van der Waals surface area contributed by atoms with Crippen molar-refractivity contribution in [3.63, 3.8) is 0 Å². The molecule has 1 unspecified atom stereocenters. The predicted molar refractivity (Wildman–Crippen MR) is 126 cm³/mol. The molecular formula is C22H26ClN3O3S2. The molecule has 1 aliphatic heterocycles. The van der Waals surface area contributed by atoms with Gasteiger partial charge in [0.25, 0.3) is 5.91 Å². The number of sulfone groups is 1. The first-order valence-corrected chi connectivity index (χ1v) is 13.5. The Bertz CT molecular complexity index is 1200. The topological polar surface area (TPSA) is 72.3 Å². The van der Waals surface area contributed by atoms with E-state index in [1.165, 1.54) is 11.3 Å². The molecule has 1 aromatic carbocycles. The van der Waals surface area contributed by atoms with Crippen molar-refractivity contribution < 1.29 is 13.2 Å². The molecule has 9 heteroatoms. The van der Waals surface area contributed by atoms with Gasteiger partial charge >= 0.3 is 0 Å². The quantitative estimate of drug-likeness (QED) is 0.498. The van der Waals surface area contributed by atoms with E-state index >= 15 is 0 Å². The third-order valence-corrected chi connectivity index (χ3v) is 8.87. The van der Waals surface area contributed by atoms with Crippen molar-refractivity contribution in [2.24, 2.45) is 0 Å². The number of unbranched alkanes of at least 4 members (excludes halogenated alkanes) is 1. The number of amides is 1. The second-order valence-corrected chi connectivity index (χ2v) is 11.8. The average Bonchev–Trinajstić information content (AvgIpc) is 3.39. The number of hydrogen-bond donors (Lipinski definition) is 0. The Balaban J connectivity index is 1.63. The van der Waals surface area contributed by atoms with Crippen LogP contribution in [0.15, 0.2) is 30.3 Å². The van der Waals surface area contributed by atoms with Crippen molar-refractivity contribution in [2.75, 3.05) is 18.1 Å². The number of carbonyl (C=O) groups is 1. The van der Waals surface area contributed by atoms with Crippen molar-refractivity contribution >= 4 is 48.9 Å². The summed E-state index contributed by atoms with van der Waals surface area (Å²) in [6.45, 7) is 5.19. The maximum atomic E-state index is 13.4. The Morgan fingerprint density at radius 3 is 2.71 bits per heavy atom. The Kier molecular flexibility index (Phi) is 6.42. The van der Waals surface area contributed by atoms with E-state index in [1.807, 2.05) is 41.9 Å². The molecule has 2 aromatic heterocycles. The van der Waals surface area contributed by atoms with Crippen LogP contribution in [-0.4, -0.2) is 53.1 Å². The zero-order chi connectivity index (χ0) is 22.2. The molecule has 3 aromatic rings. The number of aromatic nitrogens is 2. The van der Waals surface area contributed by atoms with Gasteiger partial charge in [-0.1, -0.05) is 37.1 Å². The summed E-state index contributed by atoms with van der Waals surface area (Å²) in [6.07, 6.45) is 2.33. The molecule has 3 heterocycles. The van der Waals surface area contributed by atoms with Crippen LogP contribution < -0.4 is 0 Å². The first kappa shape index (κ1) is 22.3. The summed E-state index contributed by atoms with van der Waals surface area (Å²) in [7, 11) is -3.06. The molecule has 1 atom stereocenters. The number of fused-ring (bicyclic) bond motifs is 1. The standard InChI is InChI=1S/C22H26ClN3O3S2/c1-3-4-10-25(18-9-11-31(28,29)14-18)21(27)20-12-19-15(2)24-26(22(19)30-20)13-16-5-7-17(23)8-6-16/h5-8,12,18H,3-4,9-11,13-14H2,1-2H3. The number of rotatable bonds is 7. The lowest BCUT2D eigenvalue weighted by Crippen LogP contribution is -2.41. The van der Waals surface area contributed by atoms with Gasteiger partial charge in [0.2, 0.25) is 0 Å². The van der Waals surface area contributed by atoms with Gasteiger partial charge in [0.15, 0.2) is 9.84 Å². The second-order valence-electron chi connectivity index (χ2n) is 8.11. The number of nitrogens with zero attached hydrogens (tertiary/aromatic N) is 3. The monoisotopic (exact) mass is 479 g/mol. The molecule has 166 valence electrons. The van der Waals surface area contributed by atoms with Gasteiger partial charge in [0.1, 0.15) is 4.83 Å². The summed E-state index contributed by atoms with van der Waals surface area (Å²) in [5.74, 6) is 0.153. The summed E-state index contributed by atoms with van der Waals surface area (Å²) in [5, 5.41) is 6.31. The third-order valence-electron chi connectivity index (χ3n) is 5.73. The molecule has 0 spiro atoms. The van der Waals surface area contributed by atoms with Crippen LogP contribution in [0.25, 0.3) is 10.2 Å². The summed E-state index contributed by atoms with van der Waals surface area (Å²) in [6, 6.07) is 9.33. The molecule has 0 radical (unpaired) electrons. The molecular weight excluding hydrogens is 454 g/mol. The highest BCUT2D eigenvalue weighted by atomic mass is 35.5. The average molecular weight is 480 g/mol. The lowest BCUT2D eigenvalue weighted by molar-refractivity contribution is 0.0699. The van der Waals surface area contributed by atoms with Gasteiger partial charge in [-0.25, -0.2) is 8.42 Å². The van der Waals surface area contributed by atoms with Gasteiger partial charge in [-0.3, -0.25) is 9.48 Å². The molecule has 1 saturated heterocycles. The molecule has 1 amide bonds. The maximum absolute atomic E-state index is 13.4. The summed E-state index contributed by atoms with van der Waals surface area (Å²) < 4.78 is 25.9. The van der Waals surface area contributed by atoms with E-state index in [4.69, 9.17) is 11.6 Å². The van der Waals surface area contributed by atoms with Crippen LogP contribution in [0, 0.1) is 6.92 Å². The van der Waals surface area contributed by atoms with Crippen molar-refractivity contribution in [2.45, 2.75) is 45.7 Å². The fourth-order valence-electron chi connectivity index (χ4n) is 4.03. The van der Waals surface area contributed by atoms with Gasteiger partial charge in [0.05, 0.1) is 28.6 Å². The van der Waals surface area contributed by atoms with Gasteiger partial charge < -0.3 is 4.90 Å². The van der Waals surface area contributed by atoms with Gasteiger partial charge in [-0.15, -0.1) is 11.3 Å². The number of halogens is 1. The molecule has 31 heavy (non-hydrogen) atoms. The summed E-state index contributed by atoms with van der Waals surface area (Å²) >= 11 is 7.42. The van der Waals surface area contributed by atoms with Crippen molar-refractivity contribution in [3.05, 3.63) is 51.5 Å².